The van der Waals surface area contributed by atoms with E-state index < -0.39 is 11.6 Å². The molecule has 0 saturated carbocycles. The van der Waals surface area contributed by atoms with Gasteiger partial charge in [0, 0.05) is 18.6 Å². The Kier molecular flexibility index (Phi) is 3.37. The third-order valence-electron chi connectivity index (χ3n) is 2.46. The lowest BCUT2D eigenvalue weighted by molar-refractivity contribution is -0.114. The van der Waals surface area contributed by atoms with Gasteiger partial charge in [-0.15, -0.1) is 0 Å². The number of carbonyl (C=O) groups excluding carboxylic acids is 1. The lowest BCUT2D eigenvalue weighted by atomic mass is 10.0. The Hall–Kier alpha value is -2.23. The van der Waals surface area contributed by atoms with Crippen molar-refractivity contribution in [2.24, 2.45) is 0 Å². The highest BCUT2D eigenvalue weighted by Crippen LogP contribution is 2.30. The first kappa shape index (κ1) is 12.2. The van der Waals surface area contributed by atoms with Gasteiger partial charge in [-0.2, -0.15) is 0 Å². The monoisotopic (exact) mass is 247 g/mol. The van der Waals surface area contributed by atoms with E-state index in [2.05, 4.69) is 5.32 Å². The zero-order valence-corrected chi connectivity index (χ0v) is 9.71. The Morgan fingerprint density at radius 3 is 2.28 bits per heavy atom. The number of anilines is 1. The molecule has 1 N–H and O–H groups in total. The van der Waals surface area contributed by atoms with Gasteiger partial charge >= 0.3 is 0 Å². The molecule has 0 aromatic heterocycles. The minimum atomic E-state index is -0.988. The van der Waals surface area contributed by atoms with Gasteiger partial charge in [0.25, 0.3) is 0 Å². The second kappa shape index (κ2) is 4.96. The summed E-state index contributed by atoms with van der Waals surface area (Å²) in [4.78, 5) is 11.1. The molecule has 0 atom stereocenters. The molecule has 4 heteroatoms. The van der Waals surface area contributed by atoms with Crippen LogP contribution >= 0.6 is 0 Å². The first-order valence-corrected chi connectivity index (χ1v) is 5.40. The second-order valence-electron chi connectivity index (χ2n) is 3.86. The van der Waals surface area contributed by atoms with Crippen LogP contribution in [0.4, 0.5) is 14.5 Å². The lowest BCUT2D eigenvalue weighted by Crippen LogP contribution is -2.08. The number of nitrogens with one attached hydrogen (secondary N) is 1. The second-order valence-corrected chi connectivity index (χ2v) is 3.86. The van der Waals surface area contributed by atoms with E-state index in [1.807, 2.05) is 6.07 Å². The fourth-order valence-electron chi connectivity index (χ4n) is 1.70. The highest BCUT2D eigenvalue weighted by Gasteiger charge is 2.12. The molecule has 2 aromatic carbocycles. The van der Waals surface area contributed by atoms with E-state index in [1.165, 1.54) is 6.92 Å². The molecule has 0 unspecified atom stereocenters. The first-order valence-electron chi connectivity index (χ1n) is 5.40. The maximum Gasteiger partial charge on any atom is 0.221 e. The molecule has 2 rings (SSSR count). The van der Waals surface area contributed by atoms with E-state index >= 15 is 0 Å². The highest BCUT2D eigenvalue weighted by molar-refractivity contribution is 5.94. The van der Waals surface area contributed by atoms with Gasteiger partial charge in [0.15, 0.2) is 11.6 Å². The molecule has 0 heterocycles. The van der Waals surface area contributed by atoms with Crippen LogP contribution in [0.5, 0.6) is 0 Å². The van der Waals surface area contributed by atoms with Crippen LogP contribution in [-0.4, -0.2) is 5.91 Å². The molecule has 0 radical (unpaired) electrons. The molecule has 1 amide bonds. The van der Waals surface area contributed by atoms with E-state index in [9.17, 15) is 13.6 Å². The van der Waals surface area contributed by atoms with E-state index in [0.717, 1.165) is 12.1 Å². The number of rotatable bonds is 2. The van der Waals surface area contributed by atoms with E-state index in [-0.39, 0.29) is 11.6 Å². The average Bonchev–Trinajstić information content (AvgIpc) is 2.34. The van der Waals surface area contributed by atoms with Gasteiger partial charge < -0.3 is 5.32 Å². The summed E-state index contributed by atoms with van der Waals surface area (Å²) in [5, 5.41) is 2.49. The van der Waals surface area contributed by atoms with Crippen molar-refractivity contribution in [1.82, 2.24) is 0 Å². The summed E-state index contributed by atoms with van der Waals surface area (Å²) in [6, 6.07) is 11.0. The minimum Gasteiger partial charge on any atom is -0.326 e. The van der Waals surface area contributed by atoms with Crippen molar-refractivity contribution in [2.45, 2.75) is 6.92 Å². The molecule has 0 spiro atoms. The van der Waals surface area contributed by atoms with Gasteiger partial charge in [0.05, 0.1) is 5.69 Å². The number of hydrogen-bond donors (Lipinski definition) is 1. The molecule has 0 aliphatic rings. The number of amides is 1. The van der Waals surface area contributed by atoms with Crippen molar-refractivity contribution in [2.75, 3.05) is 5.32 Å². The highest BCUT2D eigenvalue weighted by atomic mass is 19.2. The molecule has 18 heavy (non-hydrogen) atoms. The molecule has 92 valence electrons. The Morgan fingerprint density at radius 1 is 1.06 bits per heavy atom. The minimum absolute atomic E-state index is 0.257. The molecule has 2 aromatic rings. The number of halogens is 2. The molecule has 0 bridgehead atoms. The Morgan fingerprint density at radius 2 is 1.67 bits per heavy atom. The van der Waals surface area contributed by atoms with Crippen molar-refractivity contribution in [3.05, 3.63) is 54.1 Å². The number of hydrogen-bond acceptors (Lipinski definition) is 1. The predicted octanol–water partition coefficient (Wildman–Crippen LogP) is 3.59. The SMILES string of the molecule is CC(=O)Nc1cc(F)c(F)cc1-c1ccccc1. The van der Waals surface area contributed by atoms with Crippen molar-refractivity contribution in [1.29, 1.82) is 0 Å². The normalized spacial score (nSPS) is 10.2. The fourth-order valence-corrected chi connectivity index (χ4v) is 1.70. The Labute approximate surface area is 103 Å². The van der Waals surface area contributed by atoms with E-state index in [0.29, 0.717) is 11.1 Å². The van der Waals surface area contributed by atoms with Gasteiger partial charge in [-0.1, -0.05) is 30.3 Å². The smallest absolute Gasteiger partial charge is 0.221 e. The van der Waals surface area contributed by atoms with Crippen LogP contribution in [0.15, 0.2) is 42.5 Å². The van der Waals surface area contributed by atoms with Crippen LogP contribution < -0.4 is 5.32 Å². The first-order chi connectivity index (χ1) is 8.58. The standard InChI is InChI=1S/C14H11F2NO/c1-9(18)17-14-8-13(16)12(15)7-11(14)10-5-3-2-4-6-10/h2-8H,1H3,(H,17,18). The summed E-state index contributed by atoms with van der Waals surface area (Å²) in [5.74, 6) is -2.26. The van der Waals surface area contributed by atoms with Crippen molar-refractivity contribution >= 4 is 11.6 Å². The molecule has 0 aliphatic carbocycles. The molecule has 0 saturated heterocycles. The third-order valence-corrected chi connectivity index (χ3v) is 2.46. The number of benzene rings is 2. The third kappa shape index (κ3) is 2.53. The van der Waals surface area contributed by atoms with Crippen LogP contribution in [-0.2, 0) is 4.79 Å². The maximum absolute atomic E-state index is 13.3. The van der Waals surface area contributed by atoms with Crippen LogP contribution in [0.25, 0.3) is 11.1 Å². The predicted molar refractivity (Wildman–Crippen MR) is 66.1 cm³/mol. The van der Waals surface area contributed by atoms with Crippen molar-refractivity contribution < 1.29 is 13.6 Å². The van der Waals surface area contributed by atoms with Gasteiger partial charge in [-0.25, -0.2) is 8.78 Å². The maximum atomic E-state index is 13.3. The van der Waals surface area contributed by atoms with Crippen LogP contribution in [0.2, 0.25) is 0 Å². The van der Waals surface area contributed by atoms with E-state index in [4.69, 9.17) is 0 Å². The van der Waals surface area contributed by atoms with E-state index in [1.54, 1.807) is 24.3 Å². The van der Waals surface area contributed by atoms with Gasteiger partial charge in [-0.05, 0) is 11.6 Å². The summed E-state index contributed by atoms with van der Waals surface area (Å²) >= 11 is 0. The zero-order chi connectivity index (χ0) is 13.1. The Balaban J connectivity index is 2.57. The Bertz CT molecular complexity index is 582. The molecule has 0 fully saturated rings. The lowest BCUT2D eigenvalue weighted by Gasteiger charge is -2.11. The van der Waals surface area contributed by atoms with Gasteiger partial charge in [0.1, 0.15) is 0 Å². The fraction of sp³-hybridized carbons (Fsp3) is 0.0714. The molecular weight excluding hydrogens is 236 g/mol. The zero-order valence-electron chi connectivity index (χ0n) is 9.71. The number of carbonyl (C=O) groups is 1. The largest absolute Gasteiger partial charge is 0.326 e. The van der Waals surface area contributed by atoms with Crippen molar-refractivity contribution in [3.63, 3.8) is 0 Å². The summed E-state index contributed by atoms with van der Waals surface area (Å²) < 4.78 is 26.5. The van der Waals surface area contributed by atoms with Crippen LogP contribution in [0.3, 0.4) is 0 Å². The topological polar surface area (TPSA) is 29.1 Å². The van der Waals surface area contributed by atoms with Crippen LogP contribution in [0.1, 0.15) is 6.92 Å². The van der Waals surface area contributed by atoms with Crippen molar-refractivity contribution in [3.8, 4) is 11.1 Å². The summed E-state index contributed by atoms with van der Waals surface area (Å²) in [5.41, 5.74) is 1.41. The molecule has 2 nitrogen and oxygen atoms in total. The van der Waals surface area contributed by atoms with Crippen LogP contribution in [0, 0.1) is 11.6 Å². The molecular formula is C14H11F2NO. The summed E-state index contributed by atoms with van der Waals surface area (Å²) in [6.07, 6.45) is 0. The average molecular weight is 247 g/mol. The summed E-state index contributed by atoms with van der Waals surface area (Å²) in [6.45, 7) is 1.32. The van der Waals surface area contributed by atoms with Gasteiger partial charge in [0.2, 0.25) is 5.91 Å². The molecule has 0 aliphatic heterocycles. The summed E-state index contributed by atoms with van der Waals surface area (Å²) in [7, 11) is 0. The van der Waals surface area contributed by atoms with Gasteiger partial charge in [-0.3, -0.25) is 4.79 Å². The quantitative estimate of drug-likeness (QED) is 0.863.